The van der Waals surface area contributed by atoms with Crippen LogP contribution in [0.2, 0.25) is 0 Å². The van der Waals surface area contributed by atoms with Crippen LogP contribution in [0.3, 0.4) is 0 Å². The van der Waals surface area contributed by atoms with E-state index in [2.05, 4.69) is 26.0 Å². The average Bonchev–Trinajstić information content (AvgIpc) is 2.59. The van der Waals surface area contributed by atoms with Gasteiger partial charge in [0.2, 0.25) is 0 Å². The van der Waals surface area contributed by atoms with Crippen molar-refractivity contribution in [3.8, 4) is 0 Å². The van der Waals surface area contributed by atoms with Gasteiger partial charge in [-0.2, -0.15) is 0 Å². The molecule has 0 aromatic carbocycles. The van der Waals surface area contributed by atoms with Crippen molar-refractivity contribution in [1.82, 2.24) is 0 Å². The number of hydrogen-bond donors (Lipinski definition) is 1. The van der Waals surface area contributed by atoms with E-state index in [-0.39, 0.29) is 6.10 Å². The summed E-state index contributed by atoms with van der Waals surface area (Å²) in [5.41, 5.74) is 0. The van der Waals surface area contributed by atoms with E-state index < -0.39 is 0 Å². The van der Waals surface area contributed by atoms with Gasteiger partial charge in [-0.1, -0.05) is 103 Å². The predicted octanol–water partition coefficient (Wildman–Crippen LogP) is 7.97. The maximum absolute atomic E-state index is 10.0. The van der Waals surface area contributed by atoms with E-state index in [1.54, 1.807) is 0 Å². The Bertz CT molecular complexity index is 246. The fourth-order valence-electron chi connectivity index (χ4n) is 3.23. The molecule has 0 fully saturated rings. The van der Waals surface area contributed by atoms with Gasteiger partial charge in [-0.3, -0.25) is 0 Å². The van der Waals surface area contributed by atoms with Crippen LogP contribution >= 0.6 is 0 Å². The van der Waals surface area contributed by atoms with Gasteiger partial charge in [0.05, 0.1) is 6.10 Å². The van der Waals surface area contributed by atoms with Gasteiger partial charge in [0.15, 0.2) is 0 Å². The molecular weight excluding hydrogens is 292 g/mol. The van der Waals surface area contributed by atoms with Crippen LogP contribution in [0.25, 0.3) is 0 Å². The molecular formula is C23H46O. The molecule has 0 heterocycles. The van der Waals surface area contributed by atoms with Gasteiger partial charge < -0.3 is 5.11 Å². The Hall–Kier alpha value is -0.300. The van der Waals surface area contributed by atoms with Gasteiger partial charge in [-0.05, 0) is 38.5 Å². The smallest absolute Gasteiger partial charge is 0.0540 e. The van der Waals surface area contributed by atoms with Crippen molar-refractivity contribution in [3.63, 3.8) is 0 Å². The third-order valence-corrected chi connectivity index (χ3v) is 4.94. The van der Waals surface area contributed by atoms with Gasteiger partial charge in [-0.15, -0.1) is 0 Å². The Morgan fingerprint density at radius 3 is 1.54 bits per heavy atom. The Kier molecular flexibility index (Phi) is 20.5. The highest BCUT2D eigenvalue weighted by atomic mass is 16.3. The number of aliphatic hydroxyl groups excluding tert-OH is 1. The number of rotatable bonds is 19. The topological polar surface area (TPSA) is 20.2 Å². The normalized spacial score (nSPS) is 13.0. The number of allylic oxidation sites excluding steroid dienone is 2. The highest BCUT2D eigenvalue weighted by Gasteiger charge is 2.02. The van der Waals surface area contributed by atoms with Gasteiger partial charge in [0, 0.05) is 0 Å². The van der Waals surface area contributed by atoms with E-state index in [0.717, 1.165) is 25.7 Å². The highest BCUT2D eigenvalue weighted by Crippen LogP contribution is 2.13. The van der Waals surface area contributed by atoms with Crippen molar-refractivity contribution in [2.24, 2.45) is 0 Å². The summed E-state index contributed by atoms with van der Waals surface area (Å²) in [5, 5.41) is 10.0. The lowest BCUT2D eigenvalue weighted by molar-refractivity contribution is 0.148. The first-order chi connectivity index (χ1) is 11.8. The second kappa shape index (κ2) is 20.7. The number of hydrogen-bond acceptors (Lipinski definition) is 1. The molecule has 1 nitrogen and oxygen atoms in total. The molecule has 1 atom stereocenters. The molecule has 0 spiro atoms. The summed E-state index contributed by atoms with van der Waals surface area (Å²) in [6.07, 6.45) is 27.8. The summed E-state index contributed by atoms with van der Waals surface area (Å²) in [5.74, 6) is 0. The Labute approximate surface area is 153 Å². The van der Waals surface area contributed by atoms with Gasteiger partial charge in [0.1, 0.15) is 0 Å². The third-order valence-electron chi connectivity index (χ3n) is 4.94. The number of unbranched alkanes of at least 4 members (excludes halogenated alkanes) is 13. The van der Waals surface area contributed by atoms with Crippen LogP contribution in [-0.2, 0) is 0 Å². The lowest BCUT2D eigenvalue weighted by Crippen LogP contribution is -2.05. The summed E-state index contributed by atoms with van der Waals surface area (Å²) in [7, 11) is 0. The molecule has 0 aromatic heterocycles. The molecule has 0 saturated heterocycles. The minimum absolute atomic E-state index is 0.0624. The molecule has 0 aliphatic rings. The Balaban J connectivity index is 3.21. The van der Waals surface area contributed by atoms with Crippen molar-refractivity contribution in [1.29, 1.82) is 0 Å². The summed E-state index contributed by atoms with van der Waals surface area (Å²) in [6.45, 7) is 4.54. The van der Waals surface area contributed by atoms with Crippen LogP contribution in [0.1, 0.15) is 129 Å². The zero-order chi connectivity index (χ0) is 17.7. The van der Waals surface area contributed by atoms with Gasteiger partial charge in [0.25, 0.3) is 0 Å². The summed E-state index contributed by atoms with van der Waals surface area (Å²) < 4.78 is 0. The minimum atomic E-state index is -0.0624. The van der Waals surface area contributed by atoms with Crippen molar-refractivity contribution in [3.05, 3.63) is 12.2 Å². The maximum Gasteiger partial charge on any atom is 0.0540 e. The molecule has 1 unspecified atom stereocenters. The van der Waals surface area contributed by atoms with Crippen LogP contribution < -0.4 is 0 Å². The number of aliphatic hydroxyl groups is 1. The van der Waals surface area contributed by atoms with E-state index in [0.29, 0.717) is 0 Å². The molecule has 1 heteroatoms. The van der Waals surface area contributed by atoms with Crippen LogP contribution in [-0.4, -0.2) is 11.2 Å². The van der Waals surface area contributed by atoms with E-state index in [4.69, 9.17) is 0 Å². The van der Waals surface area contributed by atoms with Crippen molar-refractivity contribution in [2.75, 3.05) is 0 Å². The average molecular weight is 339 g/mol. The quantitative estimate of drug-likeness (QED) is 0.187. The molecule has 0 radical (unpaired) electrons. The molecule has 0 amide bonds. The second-order valence-electron chi connectivity index (χ2n) is 7.52. The SMILES string of the molecule is CCCCCCCC/C=C\CCCC(O)CCCCCCCCC. The van der Waals surface area contributed by atoms with E-state index >= 15 is 0 Å². The maximum atomic E-state index is 10.0. The Morgan fingerprint density at radius 2 is 0.958 bits per heavy atom. The molecule has 144 valence electrons. The molecule has 0 bridgehead atoms. The fourth-order valence-corrected chi connectivity index (χ4v) is 3.23. The molecule has 0 saturated carbocycles. The third kappa shape index (κ3) is 19.7. The van der Waals surface area contributed by atoms with Crippen LogP contribution in [0.5, 0.6) is 0 Å². The fraction of sp³-hybridized carbons (Fsp3) is 0.913. The summed E-state index contributed by atoms with van der Waals surface area (Å²) in [6, 6.07) is 0. The van der Waals surface area contributed by atoms with Gasteiger partial charge in [-0.25, -0.2) is 0 Å². The Morgan fingerprint density at radius 1 is 0.542 bits per heavy atom. The zero-order valence-electron chi connectivity index (χ0n) is 16.9. The monoisotopic (exact) mass is 338 g/mol. The molecule has 1 N–H and O–H groups in total. The van der Waals surface area contributed by atoms with Crippen LogP contribution in [0.15, 0.2) is 12.2 Å². The first kappa shape index (κ1) is 23.7. The van der Waals surface area contributed by atoms with E-state index in [9.17, 15) is 5.11 Å². The highest BCUT2D eigenvalue weighted by molar-refractivity contribution is 4.81. The van der Waals surface area contributed by atoms with Crippen molar-refractivity contribution < 1.29 is 5.11 Å². The zero-order valence-corrected chi connectivity index (χ0v) is 16.9. The van der Waals surface area contributed by atoms with Crippen LogP contribution in [0, 0.1) is 0 Å². The van der Waals surface area contributed by atoms with Crippen molar-refractivity contribution in [2.45, 2.75) is 136 Å². The molecule has 0 aliphatic heterocycles. The van der Waals surface area contributed by atoms with E-state index in [1.165, 1.54) is 89.9 Å². The largest absolute Gasteiger partial charge is 0.393 e. The molecule has 0 rings (SSSR count). The predicted molar refractivity (Wildman–Crippen MR) is 110 cm³/mol. The minimum Gasteiger partial charge on any atom is -0.393 e. The summed E-state index contributed by atoms with van der Waals surface area (Å²) in [4.78, 5) is 0. The molecule has 0 aromatic rings. The van der Waals surface area contributed by atoms with E-state index in [1.807, 2.05) is 0 Å². The second-order valence-corrected chi connectivity index (χ2v) is 7.52. The first-order valence-corrected chi connectivity index (χ1v) is 11.1. The van der Waals surface area contributed by atoms with Gasteiger partial charge >= 0.3 is 0 Å². The molecule has 0 aliphatic carbocycles. The first-order valence-electron chi connectivity index (χ1n) is 11.1. The lowest BCUT2D eigenvalue weighted by atomic mass is 10.0. The van der Waals surface area contributed by atoms with Crippen LogP contribution in [0.4, 0.5) is 0 Å². The summed E-state index contributed by atoms with van der Waals surface area (Å²) >= 11 is 0. The lowest BCUT2D eigenvalue weighted by Gasteiger charge is -2.09. The molecule has 24 heavy (non-hydrogen) atoms. The standard InChI is InChI=1S/C23H46O/c1-3-5-7-9-11-12-13-14-16-18-20-22-23(24)21-19-17-15-10-8-6-4-2/h14,16,23-24H,3-13,15,17-22H2,1-2H3/b16-14-. The van der Waals surface area contributed by atoms with Crippen molar-refractivity contribution >= 4 is 0 Å².